The molecule has 0 aromatic heterocycles. The number of piperidine rings is 1. The molecule has 1 aromatic rings. The van der Waals surface area contributed by atoms with Crippen molar-refractivity contribution in [1.29, 1.82) is 0 Å². The Kier molecular flexibility index (Phi) is 7.04. The predicted molar refractivity (Wildman–Crippen MR) is 89.0 cm³/mol. The number of benzene rings is 1. The summed E-state index contributed by atoms with van der Waals surface area (Å²) in [6.45, 7) is 10.9. The number of ether oxygens (including phenoxy) is 1. The van der Waals surface area contributed by atoms with Gasteiger partial charge in [0.05, 0.1) is 0 Å². The van der Waals surface area contributed by atoms with Crippen LogP contribution in [-0.4, -0.2) is 44.2 Å². The maximum absolute atomic E-state index is 5.90. The van der Waals surface area contributed by atoms with Gasteiger partial charge in [0, 0.05) is 13.1 Å². The Bertz CT molecular complexity index is 402. The first-order chi connectivity index (χ1) is 10.3. The summed E-state index contributed by atoms with van der Waals surface area (Å²) >= 11 is 0. The van der Waals surface area contributed by atoms with Crippen LogP contribution in [-0.2, 0) is 0 Å². The highest BCUT2D eigenvalue weighted by Crippen LogP contribution is 2.14. The number of nitrogens with one attached hydrogen (secondary N) is 1. The Morgan fingerprint density at radius 3 is 2.95 bits per heavy atom. The van der Waals surface area contributed by atoms with Crippen molar-refractivity contribution in [3.05, 3.63) is 29.8 Å². The van der Waals surface area contributed by atoms with Gasteiger partial charge in [0.2, 0.25) is 0 Å². The van der Waals surface area contributed by atoms with E-state index in [2.05, 4.69) is 42.3 Å². The third-order valence-corrected chi connectivity index (χ3v) is 4.12. The van der Waals surface area contributed by atoms with Crippen LogP contribution in [0.15, 0.2) is 24.3 Å². The minimum absolute atomic E-state index is 0.781. The van der Waals surface area contributed by atoms with E-state index in [-0.39, 0.29) is 0 Å². The summed E-state index contributed by atoms with van der Waals surface area (Å²) in [6.07, 6.45) is 3.90. The average molecular weight is 290 g/mol. The third kappa shape index (κ3) is 6.06. The summed E-state index contributed by atoms with van der Waals surface area (Å²) in [5.41, 5.74) is 1.26. The summed E-state index contributed by atoms with van der Waals surface area (Å²) < 4.78 is 5.90. The Balaban J connectivity index is 1.73. The lowest BCUT2D eigenvalue weighted by Crippen LogP contribution is -2.40. The topological polar surface area (TPSA) is 24.5 Å². The number of hydrogen-bond acceptors (Lipinski definition) is 3. The Labute approximate surface area is 129 Å². The first-order valence-electron chi connectivity index (χ1n) is 8.40. The van der Waals surface area contributed by atoms with Crippen molar-refractivity contribution in [2.24, 2.45) is 5.92 Å². The van der Waals surface area contributed by atoms with Gasteiger partial charge >= 0.3 is 0 Å². The van der Waals surface area contributed by atoms with E-state index in [1.54, 1.807) is 0 Å². The summed E-state index contributed by atoms with van der Waals surface area (Å²) in [5.74, 6) is 1.80. The van der Waals surface area contributed by atoms with E-state index in [1.165, 1.54) is 51.0 Å². The molecule has 0 radical (unpaired) electrons. The van der Waals surface area contributed by atoms with Crippen LogP contribution in [0.4, 0.5) is 0 Å². The summed E-state index contributed by atoms with van der Waals surface area (Å²) in [6, 6.07) is 8.31. The van der Waals surface area contributed by atoms with Gasteiger partial charge in [-0.3, -0.25) is 4.90 Å². The van der Waals surface area contributed by atoms with E-state index in [0.29, 0.717) is 0 Å². The second-order valence-electron chi connectivity index (χ2n) is 6.18. The fourth-order valence-electron chi connectivity index (χ4n) is 3.05. The highest BCUT2D eigenvalue weighted by molar-refractivity contribution is 5.27. The molecule has 21 heavy (non-hydrogen) atoms. The second kappa shape index (κ2) is 9.06. The summed E-state index contributed by atoms with van der Waals surface area (Å²) in [4.78, 5) is 2.56. The predicted octanol–water partition coefficient (Wildman–Crippen LogP) is 3.09. The first-order valence-corrected chi connectivity index (χ1v) is 8.40. The number of rotatable bonds is 8. The van der Waals surface area contributed by atoms with E-state index < -0.39 is 0 Å². The smallest absolute Gasteiger partial charge is 0.119 e. The van der Waals surface area contributed by atoms with Gasteiger partial charge in [0.1, 0.15) is 12.4 Å². The zero-order valence-electron chi connectivity index (χ0n) is 13.6. The van der Waals surface area contributed by atoms with Crippen LogP contribution in [0, 0.1) is 12.8 Å². The maximum atomic E-state index is 5.90. The van der Waals surface area contributed by atoms with Crippen LogP contribution < -0.4 is 10.1 Å². The summed E-state index contributed by atoms with van der Waals surface area (Å²) in [5, 5.41) is 3.51. The molecular weight excluding hydrogens is 260 g/mol. The van der Waals surface area contributed by atoms with Crippen molar-refractivity contribution in [1.82, 2.24) is 10.2 Å². The lowest BCUT2D eigenvalue weighted by atomic mass is 9.99. The fraction of sp³-hybridized carbons (Fsp3) is 0.667. The van der Waals surface area contributed by atoms with Crippen LogP contribution in [0.5, 0.6) is 5.75 Å². The SMILES string of the molecule is CCCN(CCOc1cccc(C)c1)CC1CCCNC1. The highest BCUT2D eigenvalue weighted by Gasteiger charge is 2.16. The van der Waals surface area contributed by atoms with Crippen molar-refractivity contribution in [3.63, 3.8) is 0 Å². The highest BCUT2D eigenvalue weighted by atomic mass is 16.5. The lowest BCUT2D eigenvalue weighted by Gasteiger charge is -2.30. The first kappa shape index (κ1) is 16.3. The standard InChI is InChI=1S/C18H30N2O/c1-3-10-20(15-17-7-5-9-19-14-17)11-12-21-18-8-4-6-16(2)13-18/h4,6,8,13,17,19H,3,5,7,9-12,14-15H2,1-2H3. The molecule has 1 unspecified atom stereocenters. The molecule has 0 saturated carbocycles. The molecule has 1 aliphatic heterocycles. The van der Waals surface area contributed by atoms with Crippen molar-refractivity contribution in [2.45, 2.75) is 33.1 Å². The zero-order valence-corrected chi connectivity index (χ0v) is 13.6. The molecule has 0 aliphatic carbocycles. The van der Waals surface area contributed by atoms with E-state index in [9.17, 15) is 0 Å². The maximum Gasteiger partial charge on any atom is 0.119 e. The number of aryl methyl sites for hydroxylation is 1. The molecule has 1 fully saturated rings. The van der Waals surface area contributed by atoms with Crippen molar-refractivity contribution < 1.29 is 4.74 Å². The molecule has 118 valence electrons. The normalized spacial score (nSPS) is 18.9. The molecule has 0 spiro atoms. The van der Waals surface area contributed by atoms with Crippen LogP contribution in [0.2, 0.25) is 0 Å². The zero-order chi connectivity index (χ0) is 14.9. The largest absolute Gasteiger partial charge is 0.492 e. The van der Waals surface area contributed by atoms with Gasteiger partial charge in [-0.05, 0) is 69.4 Å². The van der Waals surface area contributed by atoms with Gasteiger partial charge in [-0.15, -0.1) is 0 Å². The third-order valence-electron chi connectivity index (χ3n) is 4.12. The molecular formula is C18H30N2O. The van der Waals surface area contributed by atoms with Crippen molar-refractivity contribution in [2.75, 3.05) is 39.3 Å². The molecule has 1 aliphatic rings. The molecule has 3 nitrogen and oxygen atoms in total. The van der Waals surface area contributed by atoms with Gasteiger partial charge in [-0.2, -0.15) is 0 Å². The van der Waals surface area contributed by atoms with Crippen LogP contribution >= 0.6 is 0 Å². The number of nitrogens with zero attached hydrogens (tertiary/aromatic N) is 1. The molecule has 1 heterocycles. The molecule has 1 atom stereocenters. The second-order valence-corrected chi connectivity index (χ2v) is 6.18. The van der Waals surface area contributed by atoms with Gasteiger partial charge in [0.15, 0.2) is 0 Å². The quantitative estimate of drug-likeness (QED) is 0.796. The fourth-order valence-corrected chi connectivity index (χ4v) is 3.05. The average Bonchev–Trinajstić information content (AvgIpc) is 2.48. The molecule has 2 rings (SSSR count). The van der Waals surface area contributed by atoms with Crippen LogP contribution in [0.1, 0.15) is 31.7 Å². The molecule has 1 saturated heterocycles. The van der Waals surface area contributed by atoms with Gasteiger partial charge in [-0.25, -0.2) is 0 Å². The minimum atomic E-state index is 0.781. The van der Waals surface area contributed by atoms with Crippen LogP contribution in [0.3, 0.4) is 0 Å². The van der Waals surface area contributed by atoms with E-state index in [1.807, 2.05) is 6.07 Å². The molecule has 1 N–H and O–H groups in total. The monoisotopic (exact) mass is 290 g/mol. The Morgan fingerprint density at radius 1 is 1.33 bits per heavy atom. The van der Waals surface area contributed by atoms with Gasteiger partial charge in [-0.1, -0.05) is 19.1 Å². The summed E-state index contributed by atoms with van der Waals surface area (Å²) in [7, 11) is 0. The molecule has 1 aromatic carbocycles. The molecule has 3 heteroatoms. The minimum Gasteiger partial charge on any atom is -0.492 e. The van der Waals surface area contributed by atoms with E-state index >= 15 is 0 Å². The molecule has 0 amide bonds. The molecule has 0 bridgehead atoms. The van der Waals surface area contributed by atoms with E-state index in [0.717, 1.165) is 24.8 Å². The van der Waals surface area contributed by atoms with Crippen molar-refractivity contribution >= 4 is 0 Å². The van der Waals surface area contributed by atoms with Crippen molar-refractivity contribution in [3.8, 4) is 5.75 Å². The van der Waals surface area contributed by atoms with Gasteiger partial charge < -0.3 is 10.1 Å². The Morgan fingerprint density at radius 2 is 2.24 bits per heavy atom. The van der Waals surface area contributed by atoms with Gasteiger partial charge in [0.25, 0.3) is 0 Å². The van der Waals surface area contributed by atoms with E-state index in [4.69, 9.17) is 4.74 Å². The lowest BCUT2D eigenvalue weighted by molar-refractivity contribution is 0.173. The Hall–Kier alpha value is -1.06. The van der Waals surface area contributed by atoms with Crippen LogP contribution in [0.25, 0.3) is 0 Å². The number of hydrogen-bond donors (Lipinski definition) is 1.